The lowest BCUT2D eigenvalue weighted by Crippen LogP contribution is -2.05. The summed E-state index contributed by atoms with van der Waals surface area (Å²) in [5, 5.41) is 18.3. The first-order valence-electron chi connectivity index (χ1n) is 6.48. The van der Waals surface area contributed by atoms with Crippen LogP contribution >= 0.6 is 11.8 Å². The molecule has 0 aliphatic rings. The third-order valence-electron chi connectivity index (χ3n) is 2.80. The fourth-order valence-corrected chi connectivity index (χ4v) is 3.03. The lowest BCUT2D eigenvalue weighted by atomic mass is 10.1. The van der Waals surface area contributed by atoms with Gasteiger partial charge in [0.25, 0.3) is 0 Å². The van der Waals surface area contributed by atoms with Gasteiger partial charge in [-0.2, -0.15) is 0 Å². The highest BCUT2D eigenvalue weighted by Gasteiger charge is 2.15. The van der Waals surface area contributed by atoms with Crippen LogP contribution in [0.1, 0.15) is 47.3 Å². The van der Waals surface area contributed by atoms with E-state index in [9.17, 15) is 14.7 Å². The normalized spacial score (nSPS) is 10.5. The summed E-state index contributed by atoms with van der Waals surface area (Å²) in [6.07, 6.45) is 2.52. The second-order valence-electron chi connectivity index (χ2n) is 4.62. The summed E-state index contributed by atoms with van der Waals surface area (Å²) >= 11 is 1.42. The molecule has 0 atom stereocenters. The largest absolute Gasteiger partial charge is 0.481 e. The number of unbranched alkanes of at least 4 members (excludes halogenated alkanes) is 2. The quantitative estimate of drug-likeness (QED) is 0.566. The Balaban J connectivity index is 2.55. The molecule has 2 N–H and O–H groups in total. The van der Waals surface area contributed by atoms with Crippen LogP contribution in [0.2, 0.25) is 0 Å². The van der Waals surface area contributed by atoms with Crippen molar-refractivity contribution in [2.45, 2.75) is 44.6 Å². The summed E-state index contributed by atoms with van der Waals surface area (Å²) in [7, 11) is 0. The second kappa shape index (κ2) is 7.89. The molecule has 0 radical (unpaired) electrons. The van der Waals surface area contributed by atoms with Crippen LogP contribution in [0.3, 0.4) is 0 Å². The zero-order valence-electron chi connectivity index (χ0n) is 11.7. The maximum Gasteiger partial charge on any atom is 0.338 e. The van der Waals surface area contributed by atoms with Crippen molar-refractivity contribution >= 4 is 23.7 Å². The van der Waals surface area contributed by atoms with E-state index in [2.05, 4.69) is 4.98 Å². The number of carboxylic acid groups (broad SMARTS) is 2. The van der Waals surface area contributed by atoms with Crippen molar-refractivity contribution in [2.24, 2.45) is 0 Å². The van der Waals surface area contributed by atoms with Gasteiger partial charge in [0, 0.05) is 12.1 Å². The van der Waals surface area contributed by atoms with Gasteiger partial charge in [-0.05, 0) is 44.1 Å². The van der Waals surface area contributed by atoms with Crippen LogP contribution in [0.15, 0.2) is 11.1 Å². The van der Waals surface area contributed by atoms with Crippen LogP contribution < -0.4 is 0 Å². The molecule has 0 aromatic carbocycles. The molecule has 1 rings (SSSR count). The molecule has 0 fully saturated rings. The molecular weight excluding hydrogens is 278 g/mol. The number of pyridine rings is 1. The minimum atomic E-state index is -0.955. The van der Waals surface area contributed by atoms with Crippen LogP contribution in [0.5, 0.6) is 0 Å². The van der Waals surface area contributed by atoms with Gasteiger partial charge in [-0.15, -0.1) is 11.8 Å². The van der Waals surface area contributed by atoms with Gasteiger partial charge in [0.1, 0.15) is 5.03 Å². The van der Waals surface area contributed by atoms with Gasteiger partial charge in [0.2, 0.25) is 0 Å². The van der Waals surface area contributed by atoms with Crippen molar-refractivity contribution in [1.82, 2.24) is 4.98 Å². The number of hydrogen-bond acceptors (Lipinski definition) is 4. The molecule has 5 nitrogen and oxygen atoms in total. The van der Waals surface area contributed by atoms with Crippen molar-refractivity contribution in [3.05, 3.63) is 22.9 Å². The zero-order chi connectivity index (χ0) is 15.1. The van der Waals surface area contributed by atoms with E-state index < -0.39 is 11.9 Å². The summed E-state index contributed by atoms with van der Waals surface area (Å²) in [4.78, 5) is 25.9. The first-order chi connectivity index (χ1) is 9.41. The molecule has 1 aromatic heterocycles. The van der Waals surface area contributed by atoms with Gasteiger partial charge in [0.05, 0.1) is 5.56 Å². The molecule has 0 saturated heterocycles. The summed E-state index contributed by atoms with van der Waals surface area (Å²) in [5.41, 5.74) is 1.80. The number of aryl methyl sites for hydroxylation is 2. The number of aromatic carboxylic acids is 1. The molecule has 0 amide bonds. The van der Waals surface area contributed by atoms with Gasteiger partial charge in [0.15, 0.2) is 0 Å². The first kappa shape index (κ1) is 16.5. The van der Waals surface area contributed by atoms with Crippen molar-refractivity contribution in [2.75, 3.05) is 5.75 Å². The van der Waals surface area contributed by atoms with Crippen molar-refractivity contribution in [1.29, 1.82) is 0 Å². The van der Waals surface area contributed by atoms with Gasteiger partial charge in [-0.25, -0.2) is 9.78 Å². The third-order valence-corrected chi connectivity index (χ3v) is 3.86. The topological polar surface area (TPSA) is 87.5 Å². The van der Waals surface area contributed by atoms with E-state index >= 15 is 0 Å². The van der Waals surface area contributed by atoms with Gasteiger partial charge in [-0.1, -0.05) is 6.42 Å². The molecule has 110 valence electrons. The smallest absolute Gasteiger partial charge is 0.338 e. The van der Waals surface area contributed by atoms with E-state index in [4.69, 9.17) is 5.11 Å². The van der Waals surface area contributed by atoms with Crippen LogP contribution in [-0.4, -0.2) is 32.9 Å². The Kier molecular flexibility index (Phi) is 6.51. The number of thioether (sulfide) groups is 1. The monoisotopic (exact) mass is 297 g/mol. The Hall–Kier alpha value is -1.56. The average Bonchev–Trinajstić information content (AvgIpc) is 2.31. The fourth-order valence-electron chi connectivity index (χ4n) is 1.89. The number of aromatic nitrogens is 1. The van der Waals surface area contributed by atoms with E-state index in [0.717, 1.165) is 29.9 Å². The molecule has 0 aliphatic heterocycles. The van der Waals surface area contributed by atoms with Crippen molar-refractivity contribution < 1.29 is 19.8 Å². The van der Waals surface area contributed by atoms with Crippen molar-refractivity contribution in [3.8, 4) is 0 Å². The molecule has 0 spiro atoms. The SMILES string of the molecule is Cc1cc(C)c(C(=O)O)c(SCCCCCC(=O)O)n1. The molecule has 20 heavy (non-hydrogen) atoms. The van der Waals surface area contributed by atoms with E-state index in [1.165, 1.54) is 11.8 Å². The van der Waals surface area contributed by atoms with Gasteiger partial charge < -0.3 is 10.2 Å². The summed E-state index contributed by atoms with van der Waals surface area (Å²) in [5.74, 6) is -0.985. The zero-order valence-corrected chi connectivity index (χ0v) is 12.5. The van der Waals surface area contributed by atoms with Crippen LogP contribution in [0.25, 0.3) is 0 Å². The predicted molar refractivity (Wildman–Crippen MR) is 77.5 cm³/mol. The van der Waals surface area contributed by atoms with Gasteiger partial charge in [-0.3, -0.25) is 4.79 Å². The van der Waals surface area contributed by atoms with Crippen LogP contribution in [-0.2, 0) is 4.79 Å². The summed E-state index contributed by atoms with van der Waals surface area (Å²) in [6.45, 7) is 3.62. The number of hydrogen-bond donors (Lipinski definition) is 2. The maximum absolute atomic E-state index is 11.2. The van der Waals surface area contributed by atoms with E-state index in [0.29, 0.717) is 11.4 Å². The standard InChI is InChI=1S/C14H19NO4S/c1-9-8-10(2)15-13(12(9)14(18)19)20-7-5-3-4-6-11(16)17/h8H,3-7H2,1-2H3,(H,16,17)(H,18,19). The Morgan fingerprint density at radius 2 is 1.90 bits per heavy atom. The molecule has 0 saturated carbocycles. The average molecular weight is 297 g/mol. The summed E-state index contributed by atoms with van der Waals surface area (Å²) < 4.78 is 0. The third kappa shape index (κ3) is 5.21. The first-order valence-corrected chi connectivity index (χ1v) is 7.46. The highest BCUT2D eigenvalue weighted by molar-refractivity contribution is 7.99. The predicted octanol–water partition coefficient (Wildman–Crippen LogP) is 3.13. The number of rotatable bonds is 8. The highest BCUT2D eigenvalue weighted by Crippen LogP contribution is 2.25. The summed E-state index contributed by atoms with van der Waals surface area (Å²) in [6, 6.07) is 1.76. The molecular formula is C14H19NO4S. The molecule has 1 heterocycles. The number of carboxylic acids is 2. The Morgan fingerprint density at radius 3 is 2.50 bits per heavy atom. The Morgan fingerprint density at radius 1 is 1.20 bits per heavy atom. The molecule has 6 heteroatoms. The Labute approximate surface area is 122 Å². The molecule has 0 aliphatic carbocycles. The minimum Gasteiger partial charge on any atom is -0.481 e. The minimum absolute atomic E-state index is 0.187. The van der Waals surface area contributed by atoms with E-state index in [1.54, 1.807) is 13.0 Å². The molecule has 1 aromatic rings. The van der Waals surface area contributed by atoms with Gasteiger partial charge >= 0.3 is 11.9 Å². The van der Waals surface area contributed by atoms with Crippen LogP contribution in [0.4, 0.5) is 0 Å². The Bertz CT molecular complexity index is 502. The van der Waals surface area contributed by atoms with Crippen molar-refractivity contribution in [3.63, 3.8) is 0 Å². The fraction of sp³-hybridized carbons (Fsp3) is 0.500. The number of carbonyl (C=O) groups is 2. The molecule has 0 bridgehead atoms. The van der Waals surface area contributed by atoms with E-state index in [-0.39, 0.29) is 12.0 Å². The maximum atomic E-state index is 11.2. The molecule has 0 unspecified atom stereocenters. The highest BCUT2D eigenvalue weighted by atomic mass is 32.2. The lowest BCUT2D eigenvalue weighted by molar-refractivity contribution is -0.137. The second-order valence-corrected chi connectivity index (χ2v) is 5.70. The van der Waals surface area contributed by atoms with Crippen LogP contribution in [0, 0.1) is 13.8 Å². The van der Waals surface area contributed by atoms with E-state index in [1.807, 2.05) is 6.92 Å². The lowest BCUT2D eigenvalue weighted by Gasteiger charge is -2.09. The number of nitrogens with zero attached hydrogens (tertiary/aromatic N) is 1. The number of aliphatic carboxylic acids is 1.